The molecule has 4 heteroatoms. The molecule has 1 fully saturated rings. The molecule has 158 valence electrons. The highest BCUT2D eigenvalue weighted by Gasteiger charge is 2.22. The second-order valence-corrected chi connectivity index (χ2v) is 8.06. The molecule has 3 rings (SSSR count). The molecule has 1 aliphatic rings. The van der Waals surface area contributed by atoms with Gasteiger partial charge >= 0.3 is 11.9 Å². The number of benzene rings is 2. The van der Waals surface area contributed by atoms with E-state index < -0.39 is 0 Å². The van der Waals surface area contributed by atoms with Gasteiger partial charge in [0.1, 0.15) is 5.75 Å². The lowest BCUT2D eigenvalue weighted by Crippen LogP contribution is -2.15. The first-order valence-corrected chi connectivity index (χ1v) is 10.7. The van der Waals surface area contributed by atoms with Crippen LogP contribution in [-0.4, -0.2) is 18.5 Å². The van der Waals surface area contributed by atoms with Crippen molar-refractivity contribution in [3.63, 3.8) is 0 Å². The first-order chi connectivity index (χ1) is 14.5. The van der Waals surface area contributed by atoms with Crippen LogP contribution in [0.1, 0.15) is 65.9 Å². The summed E-state index contributed by atoms with van der Waals surface area (Å²) in [6.45, 7) is 5.88. The first kappa shape index (κ1) is 21.8. The predicted molar refractivity (Wildman–Crippen MR) is 118 cm³/mol. The molecule has 0 atom stereocenters. The number of hydrogen-bond donors (Lipinski definition) is 0. The van der Waals surface area contributed by atoms with Crippen LogP contribution in [0.4, 0.5) is 0 Å². The van der Waals surface area contributed by atoms with Crippen molar-refractivity contribution in [2.75, 3.05) is 6.61 Å². The zero-order valence-electron chi connectivity index (χ0n) is 17.6. The third-order valence-corrected chi connectivity index (χ3v) is 5.86. The number of carbonyl (C=O) groups excluding carboxylic acids is 2. The molecule has 2 aromatic rings. The zero-order valence-corrected chi connectivity index (χ0v) is 17.6. The Kier molecular flexibility index (Phi) is 7.83. The largest absolute Gasteiger partial charge is 0.463 e. The summed E-state index contributed by atoms with van der Waals surface area (Å²) >= 11 is 0. The van der Waals surface area contributed by atoms with Gasteiger partial charge in [0.2, 0.25) is 0 Å². The number of carbonyl (C=O) groups is 2. The topological polar surface area (TPSA) is 52.6 Å². The van der Waals surface area contributed by atoms with E-state index in [-0.39, 0.29) is 11.9 Å². The van der Waals surface area contributed by atoms with Gasteiger partial charge in [0.05, 0.1) is 12.2 Å². The maximum absolute atomic E-state index is 12.4. The highest BCUT2D eigenvalue weighted by molar-refractivity contribution is 5.91. The minimum absolute atomic E-state index is 0.328. The van der Waals surface area contributed by atoms with E-state index in [1.807, 2.05) is 43.3 Å². The van der Waals surface area contributed by atoms with Crippen molar-refractivity contribution in [2.45, 2.75) is 51.4 Å². The van der Waals surface area contributed by atoms with Crippen LogP contribution < -0.4 is 4.74 Å². The van der Waals surface area contributed by atoms with E-state index in [0.717, 1.165) is 31.2 Å². The molecule has 1 aliphatic carbocycles. The number of hydrogen-bond acceptors (Lipinski definition) is 4. The fraction of sp³-hybridized carbons (Fsp3) is 0.385. The van der Waals surface area contributed by atoms with Crippen LogP contribution in [-0.2, 0) is 9.53 Å². The van der Waals surface area contributed by atoms with Gasteiger partial charge in [-0.1, -0.05) is 36.4 Å². The minimum Gasteiger partial charge on any atom is -0.463 e. The molecule has 0 bridgehead atoms. The number of rotatable bonds is 8. The standard InChI is InChI=1S/C26H30O4/c1-3-25(27)29-18-4-5-20-8-10-21(11-9-20)22-12-14-23(15-13-22)26(28)30-24-16-6-19(2)7-17-24/h3,6-7,12-17,20-21H,1,4-5,8-11,18H2,2H3. The van der Waals surface area contributed by atoms with Crippen LogP contribution in [0.2, 0.25) is 0 Å². The van der Waals surface area contributed by atoms with E-state index >= 15 is 0 Å². The normalized spacial score (nSPS) is 18.4. The molecular weight excluding hydrogens is 376 g/mol. The van der Waals surface area contributed by atoms with E-state index in [2.05, 4.69) is 18.7 Å². The highest BCUT2D eigenvalue weighted by Crippen LogP contribution is 2.37. The van der Waals surface area contributed by atoms with Crippen molar-refractivity contribution >= 4 is 11.9 Å². The van der Waals surface area contributed by atoms with Crippen molar-refractivity contribution in [3.05, 3.63) is 77.9 Å². The molecule has 2 aromatic carbocycles. The van der Waals surface area contributed by atoms with Crippen LogP contribution >= 0.6 is 0 Å². The molecule has 0 aliphatic heterocycles. The maximum Gasteiger partial charge on any atom is 0.343 e. The molecule has 0 N–H and O–H groups in total. The van der Waals surface area contributed by atoms with Gasteiger partial charge in [0.25, 0.3) is 0 Å². The quantitative estimate of drug-likeness (QED) is 0.234. The lowest BCUT2D eigenvalue weighted by molar-refractivity contribution is -0.137. The number of ether oxygens (including phenoxy) is 2. The van der Waals surface area contributed by atoms with Crippen LogP contribution in [0, 0.1) is 12.8 Å². The molecule has 0 heterocycles. The summed E-state index contributed by atoms with van der Waals surface area (Å²) in [5.41, 5.74) is 2.99. The van der Waals surface area contributed by atoms with Crippen LogP contribution in [0.15, 0.2) is 61.2 Å². The van der Waals surface area contributed by atoms with Crippen molar-refractivity contribution in [1.29, 1.82) is 0 Å². The summed E-state index contributed by atoms with van der Waals surface area (Å²) in [5.74, 6) is 1.14. The fourth-order valence-corrected chi connectivity index (χ4v) is 4.05. The van der Waals surface area contributed by atoms with Crippen molar-refractivity contribution in [1.82, 2.24) is 0 Å². The van der Waals surface area contributed by atoms with Gasteiger partial charge in [0.15, 0.2) is 0 Å². The van der Waals surface area contributed by atoms with Gasteiger partial charge < -0.3 is 9.47 Å². The summed E-state index contributed by atoms with van der Waals surface area (Å²) < 4.78 is 10.5. The Morgan fingerprint density at radius 3 is 2.30 bits per heavy atom. The van der Waals surface area contributed by atoms with Crippen molar-refractivity contribution < 1.29 is 19.1 Å². The maximum atomic E-state index is 12.4. The number of aryl methyl sites for hydroxylation is 1. The first-order valence-electron chi connectivity index (χ1n) is 10.7. The van der Waals surface area contributed by atoms with E-state index in [4.69, 9.17) is 9.47 Å². The fourth-order valence-electron chi connectivity index (χ4n) is 4.05. The Morgan fingerprint density at radius 2 is 1.67 bits per heavy atom. The summed E-state index contributed by atoms with van der Waals surface area (Å²) in [7, 11) is 0. The molecular formula is C26H30O4. The molecule has 0 spiro atoms. The average Bonchev–Trinajstić information content (AvgIpc) is 2.78. The van der Waals surface area contributed by atoms with Crippen LogP contribution in [0.25, 0.3) is 0 Å². The Hall–Kier alpha value is -2.88. The second kappa shape index (κ2) is 10.8. The van der Waals surface area contributed by atoms with Gasteiger partial charge in [-0.3, -0.25) is 0 Å². The average molecular weight is 407 g/mol. The minimum atomic E-state index is -0.343. The van der Waals surface area contributed by atoms with Gasteiger partial charge in [-0.2, -0.15) is 0 Å². The Morgan fingerprint density at radius 1 is 1.00 bits per heavy atom. The van der Waals surface area contributed by atoms with Gasteiger partial charge in [-0.25, -0.2) is 9.59 Å². The monoisotopic (exact) mass is 406 g/mol. The molecule has 4 nitrogen and oxygen atoms in total. The molecule has 0 aromatic heterocycles. The van der Waals surface area contributed by atoms with E-state index in [1.165, 1.54) is 24.5 Å². The number of esters is 2. The van der Waals surface area contributed by atoms with Crippen molar-refractivity contribution in [2.24, 2.45) is 5.92 Å². The molecule has 0 unspecified atom stereocenters. The third kappa shape index (κ3) is 6.31. The van der Waals surface area contributed by atoms with Crippen LogP contribution in [0.3, 0.4) is 0 Å². The summed E-state index contributed by atoms with van der Waals surface area (Å²) in [6, 6.07) is 15.3. The van der Waals surface area contributed by atoms with E-state index in [1.54, 1.807) is 0 Å². The molecule has 0 saturated heterocycles. The molecule has 1 saturated carbocycles. The smallest absolute Gasteiger partial charge is 0.343 e. The van der Waals surface area contributed by atoms with Gasteiger partial charge in [0, 0.05) is 6.08 Å². The molecule has 0 amide bonds. The van der Waals surface area contributed by atoms with Crippen molar-refractivity contribution in [3.8, 4) is 5.75 Å². The van der Waals surface area contributed by atoms with E-state index in [0.29, 0.717) is 29.8 Å². The summed E-state index contributed by atoms with van der Waals surface area (Å²) in [5, 5.41) is 0. The summed E-state index contributed by atoms with van der Waals surface area (Å²) in [4.78, 5) is 23.4. The van der Waals surface area contributed by atoms with Gasteiger partial charge in [-0.05, 0) is 87.1 Å². The zero-order chi connectivity index (χ0) is 21.3. The Bertz CT molecular complexity index is 844. The Balaban J connectivity index is 1.44. The third-order valence-electron chi connectivity index (χ3n) is 5.86. The Labute approximate surface area is 178 Å². The second-order valence-electron chi connectivity index (χ2n) is 8.06. The SMILES string of the molecule is C=CC(=O)OCCCC1CCC(c2ccc(C(=O)Oc3ccc(C)cc3)cc2)CC1. The lowest BCUT2D eigenvalue weighted by atomic mass is 9.77. The van der Waals surface area contributed by atoms with Crippen LogP contribution in [0.5, 0.6) is 5.75 Å². The summed E-state index contributed by atoms with van der Waals surface area (Å²) in [6.07, 6.45) is 7.91. The van der Waals surface area contributed by atoms with Gasteiger partial charge in [-0.15, -0.1) is 0 Å². The molecule has 30 heavy (non-hydrogen) atoms. The predicted octanol–water partition coefficient (Wildman–Crippen LogP) is 6.00. The lowest BCUT2D eigenvalue weighted by Gasteiger charge is -2.29. The molecule has 0 radical (unpaired) electrons. The van der Waals surface area contributed by atoms with E-state index in [9.17, 15) is 9.59 Å². The highest BCUT2D eigenvalue weighted by atomic mass is 16.5.